The standard InChI is InChI=1S/C16H24N2O/c1-11(10-17)15(19)18-14-8-9-16(2,3)13-7-5-4-6-12(13)14/h4-7,11,14H,8-10,17H2,1-3H3,(H,18,19). The summed E-state index contributed by atoms with van der Waals surface area (Å²) in [6, 6.07) is 8.57. The molecule has 0 bridgehead atoms. The largest absolute Gasteiger partial charge is 0.349 e. The SMILES string of the molecule is CC(CN)C(=O)NC1CCC(C)(C)c2ccccc21. The van der Waals surface area contributed by atoms with Crippen molar-refractivity contribution < 1.29 is 4.79 Å². The van der Waals surface area contributed by atoms with Crippen molar-refractivity contribution in [2.24, 2.45) is 11.7 Å². The van der Waals surface area contributed by atoms with Gasteiger partial charge >= 0.3 is 0 Å². The molecule has 1 aromatic rings. The second kappa shape index (κ2) is 5.33. The number of rotatable bonds is 3. The van der Waals surface area contributed by atoms with Gasteiger partial charge in [0.2, 0.25) is 5.91 Å². The Hall–Kier alpha value is -1.35. The van der Waals surface area contributed by atoms with Crippen LogP contribution >= 0.6 is 0 Å². The predicted molar refractivity (Wildman–Crippen MR) is 77.8 cm³/mol. The van der Waals surface area contributed by atoms with Gasteiger partial charge in [0.05, 0.1) is 6.04 Å². The minimum absolute atomic E-state index is 0.0574. The number of carbonyl (C=O) groups is 1. The topological polar surface area (TPSA) is 55.1 Å². The monoisotopic (exact) mass is 260 g/mol. The first-order valence-electron chi connectivity index (χ1n) is 7.05. The number of carbonyl (C=O) groups excluding carboxylic acids is 1. The van der Waals surface area contributed by atoms with Crippen LogP contribution in [0, 0.1) is 5.92 Å². The molecule has 0 aliphatic heterocycles. The van der Waals surface area contributed by atoms with E-state index in [1.807, 2.05) is 13.0 Å². The molecule has 2 rings (SSSR count). The smallest absolute Gasteiger partial charge is 0.224 e. The molecule has 0 saturated carbocycles. The third-order valence-electron chi connectivity index (χ3n) is 4.24. The lowest BCUT2D eigenvalue weighted by molar-refractivity contribution is -0.125. The van der Waals surface area contributed by atoms with E-state index in [1.165, 1.54) is 11.1 Å². The molecule has 1 aromatic carbocycles. The fourth-order valence-electron chi connectivity index (χ4n) is 2.78. The van der Waals surface area contributed by atoms with Gasteiger partial charge in [-0.3, -0.25) is 4.79 Å². The highest BCUT2D eigenvalue weighted by Crippen LogP contribution is 2.41. The molecule has 0 radical (unpaired) electrons. The fraction of sp³-hybridized carbons (Fsp3) is 0.562. The third kappa shape index (κ3) is 2.81. The second-order valence-corrected chi connectivity index (χ2v) is 6.21. The fourth-order valence-corrected chi connectivity index (χ4v) is 2.78. The van der Waals surface area contributed by atoms with Gasteiger partial charge in [0.15, 0.2) is 0 Å². The van der Waals surface area contributed by atoms with Crippen LogP contribution in [0.5, 0.6) is 0 Å². The average molecular weight is 260 g/mol. The highest BCUT2D eigenvalue weighted by Gasteiger charge is 2.33. The Labute approximate surface area is 115 Å². The van der Waals surface area contributed by atoms with Crippen molar-refractivity contribution in [1.29, 1.82) is 0 Å². The van der Waals surface area contributed by atoms with Crippen LogP contribution in [0.3, 0.4) is 0 Å². The summed E-state index contributed by atoms with van der Waals surface area (Å²) < 4.78 is 0. The van der Waals surface area contributed by atoms with Crippen LogP contribution in [-0.2, 0) is 10.2 Å². The summed E-state index contributed by atoms with van der Waals surface area (Å²) in [5.74, 6) is -0.0656. The first-order chi connectivity index (χ1) is 8.95. The lowest BCUT2D eigenvalue weighted by atomic mass is 9.71. The molecule has 0 saturated heterocycles. The first-order valence-corrected chi connectivity index (χ1v) is 7.05. The number of nitrogens with two attached hydrogens (primary N) is 1. The molecule has 0 spiro atoms. The molecule has 19 heavy (non-hydrogen) atoms. The van der Waals surface area contributed by atoms with Gasteiger partial charge in [0, 0.05) is 12.5 Å². The number of fused-ring (bicyclic) bond motifs is 1. The Kier molecular flexibility index (Phi) is 3.95. The van der Waals surface area contributed by atoms with E-state index in [0.717, 1.165) is 12.8 Å². The van der Waals surface area contributed by atoms with Gasteiger partial charge in [-0.15, -0.1) is 0 Å². The molecule has 1 amide bonds. The van der Waals surface area contributed by atoms with Crippen molar-refractivity contribution in [3.8, 4) is 0 Å². The predicted octanol–water partition coefficient (Wildman–Crippen LogP) is 2.51. The lowest BCUT2D eigenvalue weighted by Crippen LogP contribution is -2.39. The molecular formula is C16H24N2O. The maximum Gasteiger partial charge on any atom is 0.224 e. The van der Waals surface area contributed by atoms with E-state index < -0.39 is 0 Å². The molecule has 1 aliphatic rings. The van der Waals surface area contributed by atoms with Crippen molar-refractivity contribution in [3.63, 3.8) is 0 Å². The quantitative estimate of drug-likeness (QED) is 0.877. The molecule has 2 atom stereocenters. The molecule has 0 heterocycles. The summed E-state index contributed by atoms with van der Waals surface area (Å²) in [6.07, 6.45) is 2.08. The van der Waals surface area contributed by atoms with Gasteiger partial charge in [-0.05, 0) is 29.4 Å². The van der Waals surface area contributed by atoms with Crippen molar-refractivity contribution >= 4 is 5.91 Å². The molecule has 104 valence electrons. The highest BCUT2D eigenvalue weighted by molar-refractivity contribution is 5.79. The van der Waals surface area contributed by atoms with Crippen LogP contribution in [0.25, 0.3) is 0 Å². The number of hydrogen-bond donors (Lipinski definition) is 2. The number of nitrogens with one attached hydrogen (secondary N) is 1. The van der Waals surface area contributed by atoms with Crippen LogP contribution in [-0.4, -0.2) is 12.5 Å². The molecular weight excluding hydrogens is 236 g/mol. The average Bonchev–Trinajstić information content (AvgIpc) is 2.41. The van der Waals surface area contributed by atoms with Gasteiger partial charge < -0.3 is 11.1 Å². The zero-order valence-corrected chi connectivity index (χ0v) is 12.1. The Morgan fingerprint density at radius 1 is 1.47 bits per heavy atom. The van der Waals surface area contributed by atoms with E-state index >= 15 is 0 Å². The summed E-state index contributed by atoms with van der Waals surface area (Å²) in [5.41, 5.74) is 8.36. The van der Waals surface area contributed by atoms with Crippen molar-refractivity contribution in [3.05, 3.63) is 35.4 Å². The van der Waals surface area contributed by atoms with Gasteiger partial charge in [-0.1, -0.05) is 45.0 Å². The van der Waals surface area contributed by atoms with Crippen LogP contribution in [0.15, 0.2) is 24.3 Å². The highest BCUT2D eigenvalue weighted by atomic mass is 16.1. The summed E-state index contributed by atoms with van der Waals surface area (Å²) >= 11 is 0. The van der Waals surface area contributed by atoms with Crippen LogP contribution in [0.2, 0.25) is 0 Å². The summed E-state index contributed by atoms with van der Waals surface area (Å²) in [5, 5.41) is 3.14. The Bertz CT molecular complexity index is 468. The minimum atomic E-state index is -0.123. The van der Waals surface area contributed by atoms with E-state index in [1.54, 1.807) is 0 Å². The zero-order chi connectivity index (χ0) is 14.0. The van der Waals surface area contributed by atoms with Gasteiger partial charge in [0.25, 0.3) is 0 Å². The van der Waals surface area contributed by atoms with Crippen molar-refractivity contribution in [2.45, 2.75) is 45.1 Å². The molecule has 0 fully saturated rings. The molecule has 3 N–H and O–H groups in total. The first kappa shape index (κ1) is 14.1. The van der Waals surface area contributed by atoms with Crippen LogP contribution in [0.1, 0.15) is 50.8 Å². The van der Waals surface area contributed by atoms with Crippen molar-refractivity contribution in [2.75, 3.05) is 6.54 Å². The molecule has 3 nitrogen and oxygen atoms in total. The maximum atomic E-state index is 12.0. The second-order valence-electron chi connectivity index (χ2n) is 6.21. The summed E-state index contributed by atoms with van der Waals surface area (Å²) in [7, 11) is 0. The minimum Gasteiger partial charge on any atom is -0.349 e. The Morgan fingerprint density at radius 3 is 2.84 bits per heavy atom. The Balaban J connectivity index is 2.23. The van der Waals surface area contributed by atoms with Gasteiger partial charge in [-0.2, -0.15) is 0 Å². The third-order valence-corrected chi connectivity index (χ3v) is 4.24. The number of hydrogen-bond acceptors (Lipinski definition) is 2. The van der Waals surface area contributed by atoms with E-state index in [9.17, 15) is 4.79 Å². The number of amides is 1. The zero-order valence-electron chi connectivity index (χ0n) is 12.1. The summed E-state index contributed by atoms with van der Waals surface area (Å²) in [4.78, 5) is 12.0. The van der Waals surface area contributed by atoms with E-state index in [0.29, 0.717) is 6.54 Å². The van der Waals surface area contributed by atoms with Gasteiger partial charge in [0.1, 0.15) is 0 Å². The normalized spacial score (nSPS) is 22.4. The molecule has 3 heteroatoms. The van der Waals surface area contributed by atoms with E-state index in [2.05, 4.69) is 37.4 Å². The maximum absolute atomic E-state index is 12.0. The molecule has 0 aromatic heterocycles. The number of benzene rings is 1. The summed E-state index contributed by atoms with van der Waals surface area (Å²) in [6.45, 7) is 6.80. The van der Waals surface area contributed by atoms with Crippen molar-refractivity contribution in [1.82, 2.24) is 5.32 Å². The van der Waals surface area contributed by atoms with E-state index in [-0.39, 0.29) is 23.3 Å². The lowest BCUT2D eigenvalue weighted by Gasteiger charge is -2.37. The van der Waals surface area contributed by atoms with Gasteiger partial charge in [-0.25, -0.2) is 0 Å². The molecule has 1 aliphatic carbocycles. The van der Waals surface area contributed by atoms with E-state index in [4.69, 9.17) is 5.73 Å². The van der Waals surface area contributed by atoms with Crippen LogP contribution < -0.4 is 11.1 Å². The molecule has 2 unspecified atom stereocenters. The Morgan fingerprint density at radius 2 is 2.16 bits per heavy atom. The van der Waals surface area contributed by atoms with Crippen LogP contribution in [0.4, 0.5) is 0 Å².